The molecule has 2 aromatic rings. The second-order valence-corrected chi connectivity index (χ2v) is 4.39. The largest absolute Gasteiger partial charge is 0.478 e. The normalized spacial score (nSPS) is 10.1. The number of hydrogen-bond donors (Lipinski definition) is 1. The Morgan fingerprint density at radius 3 is 2.70 bits per heavy atom. The van der Waals surface area contributed by atoms with Gasteiger partial charge in [0.25, 0.3) is 0 Å². The minimum absolute atomic E-state index is 0.191. The minimum atomic E-state index is -0.992. The van der Waals surface area contributed by atoms with Crippen LogP contribution in [0.2, 0.25) is 0 Å². The fraction of sp³-hybridized carbons (Fsp3) is 0.214. The van der Waals surface area contributed by atoms with E-state index in [4.69, 9.17) is 15.1 Å². The Hall–Kier alpha value is -2.81. The van der Waals surface area contributed by atoms with Crippen LogP contribution in [0, 0.1) is 25.2 Å². The fourth-order valence-corrected chi connectivity index (χ4v) is 1.88. The van der Waals surface area contributed by atoms with E-state index in [2.05, 4.69) is 11.2 Å². The average Bonchev–Trinajstić information content (AvgIpc) is 2.65. The number of hydrogen-bond acceptors (Lipinski definition) is 4. The van der Waals surface area contributed by atoms with Crippen LogP contribution in [0.4, 0.5) is 0 Å². The highest BCUT2D eigenvalue weighted by molar-refractivity contribution is 5.88. The predicted octanol–water partition coefficient (Wildman–Crippen LogP) is 2.40. The SMILES string of the molecule is Cc1cc(C(=O)O)ccc1Oc1c(C#N)c(C)nn1C. The zero-order chi connectivity index (χ0) is 14.9. The Balaban J connectivity index is 2.41. The first-order chi connectivity index (χ1) is 9.43. The number of aromatic carboxylic acids is 1. The Bertz CT molecular complexity index is 726. The van der Waals surface area contributed by atoms with Gasteiger partial charge in [-0.05, 0) is 37.6 Å². The third kappa shape index (κ3) is 2.34. The molecule has 0 unspecified atom stereocenters. The van der Waals surface area contributed by atoms with Crippen LogP contribution in [0.1, 0.15) is 27.2 Å². The van der Waals surface area contributed by atoms with Crippen LogP contribution in [0.5, 0.6) is 11.6 Å². The van der Waals surface area contributed by atoms with Gasteiger partial charge in [0.05, 0.1) is 11.3 Å². The number of carbonyl (C=O) groups is 1. The number of benzene rings is 1. The fourth-order valence-electron chi connectivity index (χ4n) is 1.88. The molecule has 0 bridgehead atoms. The van der Waals surface area contributed by atoms with Crippen molar-refractivity contribution in [3.8, 4) is 17.7 Å². The Labute approximate surface area is 115 Å². The van der Waals surface area contributed by atoms with Gasteiger partial charge in [-0.3, -0.25) is 0 Å². The summed E-state index contributed by atoms with van der Waals surface area (Å²) in [5, 5.41) is 22.2. The maximum absolute atomic E-state index is 10.9. The van der Waals surface area contributed by atoms with Gasteiger partial charge in [0.1, 0.15) is 17.4 Å². The summed E-state index contributed by atoms with van der Waals surface area (Å²) in [6.45, 7) is 3.48. The molecule has 0 saturated heterocycles. The molecule has 102 valence electrons. The number of ether oxygens (including phenoxy) is 1. The van der Waals surface area contributed by atoms with Crippen molar-refractivity contribution in [2.45, 2.75) is 13.8 Å². The third-order valence-electron chi connectivity index (χ3n) is 2.91. The molecular formula is C14H13N3O3. The van der Waals surface area contributed by atoms with Crippen LogP contribution in [0.15, 0.2) is 18.2 Å². The smallest absolute Gasteiger partial charge is 0.335 e. The molecule has 0 atom stereocenters. The molecule has 0 spiro atoms. The van der Waals surface area contributed by atoms with Gasteiger partial charge in [0.15, 0.2) is 0 Å². The molecule has 0 aliphatic heterocycles. The Morgan fingerprint density at radius 2 is 2.15 bits per heavy atom. The predicted molar refractivity (Wildman–Crippen MR) is 70.9 cm³/mol. The van der Waals surface area contributed by atoms with Gasteiger partial charge in [0.2, 0.25) is 5.88 Å². The van der Waals surface area contributed by atoms with E-state index in [-0.39, 0.29) is 5.56 Å². The van der Waals surface area contributed by atoms with Crippen molar-refractivity contribution >= 4 is 5.97 Å². The summed E-state index contributed by atoms with van der Waals surface area (Å²) in [6.07, 6.45) is 0. The summed E-state index contributed by atoms with van der Waals surface area (Å²) >= 11 is 0. The molecule has 0 aliphatic carbocycles. The van der Waals surface area contributed by atoms with Crippen molar-refractivity contribution in [2.24, 2.45) is 7.05 Å². The van der Waals surface area contributed by atoms with Gasteiger partial charge < -0.3 is 9.84 Å². The molecule has 0 amide bonds. The number of carboxylic acid groups (broad SMARTS) is 1. The number of nitrogens with zero attached hydrogens (tertiary/aromatic N) is 3. The molecular weight excluding hydrogens is 258 g/mol. The van der Waals surface area contributed by atoms with Crippen molar-refractivity contribution in [3.63, 3.8) is 0 Å². The molecule has 1 heterocycles. The summed E-state index contributed by atoms with van der Waals surface area (Å²) in [5.74, 6) is -0.153. The molecule has 0 radical (unpaired) electrons. The molecule has 6 nitrogen and oxygen atoms in total. The van der Waals surface area contributed by atoms with E-state index in [1.165, 1.54) is 16.8 Å². The van der Waals surface area contributed by atoms with Gasteiger partial charge in [-0.1, -0.05) is 0 Å². The molecule has 2 rings (SSSR count). The van der Waals surface area contributed by atoms with Crippen LogP contribution in [0.25, 0.3) is 0 Å². The molecule has 1 aromatic carbocycles. The molecule has 0 aliphatic rings. The lowest BCUT2D eigenvalue weighted by atomic mass is 10.1. The zero-order valence-corrected chi connectivity index (χ0v) is 11.3. The van der Waals surface area contributed by atoms with Crippen LogP contribution in [-0.4, -0.2) is 20.9 Å². The minimum Gasteiger partial charge on any atom is -0.478 e. The van der Waals surface area contributed by atoms with E-state index in [0.29, 0.717) is 28.5 Å². The highest BCUT2D eigenvalue weighted by atomic mass is 16.5. The summed E-state index contributed by atoms with van der Waals surface area (Å²) in [6, 6.07) is 6.60. The third-order valence-corrected chi connectivity index (χ3v) is 2.91. The maximum Gasteiger partial charge on any atom is 0.335 e. The van der Waals surface area contributed by atoms with E-state index < -0.39 is 5.97 Å². The zero-order valence-electron chi connectivity index (χ0n) is 11.3. The number of aryl methyl sites for hydroxylation is 3. The van der Waals surface area contributed by atoms with Crippen molar-refractivity contribution in [1.29, 1.82) is 5.26 Å². The van der Waals surface area contributed by atoms with Crippen molar-refractivity contribution in [3.05, 3.63) is 40.6 Å². The van der Waals surface area contributed by atoms with E-state index in [1.807, 2.05) is 0 Å². The first kappa shape index (κ1) is 13.6. The van der Waals surface area contributed by atoms with Crippen molar-refractivity contribution in [2.75, 3.05) is 0 Å². The Morgan fingerprint density at radius 1 is 1.45 bits per heavy atom. The maximum atomic E-state index is 10.9. The molecule has 0 saturated carbocycles. The lowest BCUT2D eigenvalue weighted by molar-refractivity contribution is 0.0697. The van der Waals surface area contributed by atoms with E-state index in [0.717, 1.165) is 0 Å². The highest BCUT2D eigenvalue weighted by Gasteiger charge is 2.16. The Kier molecular flexibility index (Phi) is 3.44. The standard InChI is InChI=1S/C14H13N3O3/c1-8-6-10(14(18)19)4-5-12(8)20-13-11(7-15)9(2)16-17(13)3/h4-6H,1-3H3,(H,18,19). The highest BCUT2D eigenvalue weighted by Crippen LogP contribution is 2.29. The van der Waals surface area contributed by atoms with Gasteiger partial charge in [0, 0.05) is 7.05 Å². The topological polar surface area (TPSA) is 88.1 Å². The number of rotatable bonds is 3. The number of nitriles is 1. The summed E-state index contributed by atoms with van der Waals surface area (Å²) in [5.41, 5.74) is 1.82. The first-order valence-electron chi connectivity index (χ1n) is 5.89. The van der Waals surface area contributed by atoms with Crippen molar-refractivity contribution in [1.82, 2.24) is 9.78 Å². The van der Waals surface area contributed by atoms with E-state index in [9.17, 15) is 4.79 Å². The quantitative estimate of drug-likeness (QED) is 0.926. The van der Waals surface area contributed by atoms with Crippen LogP contribution in [-0.2, 0) is 7.05 Å². The summed E-state index contributed by atoms with van der Waals surface area (Å²) in [4.78, 5) is 10.9. The van der Waals surface area contributed by atoms with E-state index >= 15 is 0 Å². The lowest BCUT2D eigenvalue weighted by Crippen LogP contribution is -2.00. The number of carboxylic acids is 1. The van der Waals surface area contributed by atoms with Crippen LogP contribution >= 0.6 is 0 Å². The second-order valence-electron chi connectivity index (χ2n) is 4.39. The average molecular weight is 271 g/mol. The number of aromatic nitrogens is 2. The first-order valence-corrected chi connectivity index (χ1v) is 5.89. The summed E-state index contributed by atoms with van der Waals surface area (Å²) in [7, 11) is 1.68. The second kappa shape index (κ2) is 5.05. The van der Waals surface area contributed by atoms with Crippen LogP contribution in [0.3, 0.4) is 0 Å². The van der Waals surface area contributed by atoms with Gasteiger partial charge in [-0.15, -0.1) is 0 Å². The van der Waals surface area contributed by atoms with E-state index in [1.54, 1.807) is 27.0 Å². The molecule has 1 N–H and O–H groups in total. The molecule has 20 heavy (non-hydrogen) atoms. The lowest BCUT2D eigenvalue weighted by Gasteiger charge is -2.09. The molecule has 6 heteroatoms. The van der Waals surface area contributed by atoms with Crippen LogP contribution < -0.4 is 4.74 Å². The van der Waals surface area contributed by atoms with Gasteiger partial charge >= 0.3 is 5.97 Å². The molecule has 0 fully saturated rings. The van der Waals surface area contributed by atoms with Crippen molar-refractivity contribution < 1.29 is 14.6 Å². The molecule has 1 aromatic heterocycles. The monoisotopic (exact) mass is 271 g/mol. The van der Waals surface area contributed by atoms with Gasteiger partial charge in [-0.2, -0.15) is 10.4 Å². The summed E-state index contributed by atoms with van der Waals surface area (Å²) < 4.78 is 7.19. The van der Waals surface area contributed by atoms with Gasteiger partial charge in [-0.25, -0.2) is 9.48 Å².